The zero-order chi connectivity index (χ0) is 14.8. The lowest BCUT2D eigenvalue weighted by molar-refractivity contribution is 0.227. The molecule has 1 unspecified atom stereocenters. The predicted octanol–water partition coefficient (Wildman–Crippen LogP) is 5.02. The first-order valence-corrected chi connectivity index (χ1v) is 8.12. The van der Waals surface area contributed by atoms with E-state index in [0.29, 0.717) is 5.69 Å². The van der Waals surface area contributed by atoms with Crippen LogP contribution >= 0.6 is 0 Å². The number of unbranched alkanes of at least 4 members (excludes halogenated alkanes) is 5. The van der Waals surface area contributed by atoms with Gasteiger partial charge in [0, 0.05) is 6.20 Å². The Morgan fingerprint density at radius 3 is 2.25 bits per heavy atom. The molecule has 3 nitrogen and oxygen atoms in total. The highest BCUT2D eigenvalue weighted by atomic mass is 15.3. The van der Waals surface area contributed by atoms with Crippen molar-refractivity contribution < 1.29 is 0 Å². The molecule has 1 rings (SSSR count). The fourth-order valence-electron chi connectivity index (χ4n) is 2.73. The molecule has 3 heteroatoms. The smallest absolute Gasteiger partial charge is 0.162 e. The van der Waals surface area contributed by atoms with Crippen LogP contribution in [-0.2, 0) is 5.54 Å². The minimum Gasteiger partial charge on any atom is -0.266 e. The molecule has 0 fully saturated rings. The van der Waals surface area contributed by atoms with Crippen molar-refractivity contribution in [2.45, 2.75) is 84.1 Å². The Kier molecular flexibility index (Phi) is 7.36. The van der Waals surface area contributed by atoms with E-state index < -0.39 is 0 Å². The van der Waals surface area contributed by atoms with Gasteiger partial charge in [0.05, 0.1) is 5.54 Å². The lowest BCUT2D eigenvalue weighted by atomic mass is 9.88. The van der Waals surface area contributed by atoms with Crippen molar-refractivity contribution in [1.82, 2.24) is 9.78 Å². The van der Waals surface area contributed by atoms with Gasteiger partial charge in [0.25, 0.3) is 0 Å². The molecule has 0 bridgehead atoms. The lowest BCUT2D eigenvalue weighted by Gasteiger charge is -2.30. The van der Waals surface area contributed by atoms with Gasteiger partial charge in [-0.15, -0.1) is 0 Å². The van der Waals surface area contributed by atoms with Crippen LogP contribution in [0, 0.1) is 11.3 Å². The Morgan fingerprint density at radius 2 is 1.70 bits per heavy atom. The Hall–Kier alpha value is -1.30. The highest BCUT2D eigenvalue weighted by Crippen LogP contribution is 2.29. The summed E-state index contributed by atoms with van der Waals surface area (Å²) in [5.74, 6) is 0. The number of hydrogen-bond donors (Lipinski definition) is 0. The summed E-state index contributed by atoms with van der Waals surface area (Å²) in [6, 6.07) is 3.95. The van der Waals surface area contributed by atoms with E-state index in [1.54, 1.807) is 0 Å². The second-order valence-electron chi connectivity index (χ2n) is 6.02. The summed E-state index contributed by atoms with van der Waals surface area (Å²) in [6.07, 6.45) is 13.2. The van der Waals surface area contributed by atoms with Crippen molar-refractivity contribution in [3.05, 3.63) is 18.0 Å². The first-order valence-electron chi connectivity index (χ1n) is 8.12. The number of hydrogen-bond acceptors (Lipinski definition) is 2. The quantitative estimate of drug-likeness (QED) is 0.562. The summed E-state index contributed by atoms with van der Waals surface area (Å²) in [6.45, 7) is 6.77. The molecule has 20 heavy (non-hydrogen) atoms. The van der Waals surface area contributed by atoms with Crippen molar-refractivity contribution in [3.63, 3.8) is 0 Å². The van der Waals surface area contributed by atoms with Crippen LogP contribution < -0.4 is 0 Å². The lowest BCUT2D eigenvalue weighted by Crippen LogP contribution is -2.31. The van der Waals surface area contributed by atoms with Crippen LogP contribution in [0.1, 0.15) is 84.3 Å². The van der Waals surface area contributed by atoms with E-state index in [9.17, 15) is 0 Å². The first kappa shape index (κ1) is 16.8. The van der Waals surface area contributed by atoms with Crippen LogP contribution in [0.2, 0.25) is 0 Å². The van der Waals surface area contributed by atoms with E-state index in [1.807, 2.05) is 16.9 Å². The highest BCUT2D eigenvalue weighted by Gasteiger charge is 2.26. The second kappa shape index (κ2) is 8.79. The van der Waals surface area contributed by atoms with Gasteiger partial charge in [0.1, 0.15) is 6.07 Å². The van der Waals surface area contributed by atoms with Gasteiger partial charge >= 0.3 is 0 Å². The molecular formula is C17H29N3. The first-order chi connectivity index (χ1) is 9.66. The zero-order valence-corrected chi connectivity index (χ0v) is 13.4. The summed E-state index contributed by atoms with van der Waals surface area (Å²) >= 11 is 0. The molecule has 0 aliphatic rings. The van der Waals surface area contributed by atoms with Crippen molar-refractivity contribution in [3.8, 4) is 6.07 Å². The molecule has 0 spiro atoms. The van der Waals surface area contributed by atoms with Gasteiger partial charge in [-0.2, -0.15) is 10.4 Å². The Balaban J connectivity index is 2.69. The van der Waals surface area contributed by atoms with Gasteiger partial charge in [-0.3, -0.25) is 4.68 Å². The Labute approximate surface area is 124 Å². The molecule has 1 aromatic rings. The summed E-state index contributed by atoms with van der Waals surface area (Å²) < 4.78 is 2.03. The molecule has 0 saturated carbocycles. The van der Waals surface area contributed by atoms with Crippen molar-refractivity contribution in [2.24, 2.45) is 0 Å². The molecule has 0 aromatic carbocycles. The third-order valence-corrected chi connectivity index (χ3v) is 4.14. The topological polar surface area (TPSA) is 41.6 Å². The third kappa shape index (κ3) is 5.00. The fraction of sp³-hybridized carbons (Fsp3) is 0.765. The molecule has 0 N–H and O–H groups in total. The Bertz CT molecular complexity index is 416. The van der Waals surface area contributed by atoms with Gasteiger partial charge in [0.2, 0.25) is 0 Å². The molecule has 112 valence electrons. The van der Waals surface area contributed by atoms with E-state index >= 15 is 0 Å². The molecule has 0 radical (unpaired) electrons. The number of rotatable bonds is 10. The van der Waals surface area contributed by atoms with Crippen LogP contribution in [0.3, 0.4) is 0 Å². The number of nitriles is 1. The van der Waals surface area contributed by atoms with Crippen molar-refractivity contribution in [2.75, 3.05) is 0 Å². The van der Waals surface area contributed by atoms with E-state index in [0.717, 1.165) is 12.8 Å². The van der Waals surface area contributed by atoms with Gasteiger partial charge < -0.3 is 0 Å². The predicted molar refractivity (Wildman–Crippen MR) is 83.5 cm³/mol. The molecule has 0 saturated heterocycles. The number of nitrogens with zero attached hydrogens (tertiary/aromatic N) is 3. The molecular weight excluding hydrogens is 246 g/mol. The maximum absolute atomic E-state index is 8.95. The van der Waals surface area contributed by atoms with Gasteiger partial charge in [-0.25, -0.2) is 0 Å². The van der Waals surface area contributed by atoms with Gasteiger partial charge in [-0.05, 0) is 25.8 Å². The van der Waals surface area contributed by atoms with Gasteiger partial charge in [-0.1, -0.05) is 58.8 Å². The van der Waals surface area contributed by atoms with Crippen LogP contribution in [-0.4, -0.2) is 9.78 Å². The Morgan fingerprint density at radius 1 is 1.10 bits per heavy atom. The van der Waals surface area contributed by atoms with E-state index in [4.69, 9.17) is 5.26 Å². The van der Waals surface area contributed by atoms with Crippen molar-refractivity contribution >= 4 is 0 Å². The molecule has 1 atom stereocenters. The molecule has 1 aromatic heterocycles. The highest BCUT2D eigenvalue weighted by molar-refractivity contribution is 5.17. The van der Waals surface area contributed by atoms with E-state index in [1.165, 1.54) is 44.9 Å². The molecule has 0 amide bonds. The zero-order valence-electron chi connectivity index (χ0n) is 13.4. The van der Waals surface area contributed by atoms with Crippen molar-refractivity contribution in [1.29, 1.82) is 5.26 Å². The summed E-state index contributed by atoms with van der Waals surface area (Å²) in [5, 5.41) is 13.4. The largest absolute Gasteiger partial charge is 0.266 e. The second-order valence-corrected chi connectivity index (χ2v) is 6.02. The molecule has 0 aliphatic heterocycles. The molecule has 1 heterocycles. The van der Waals surface area contributed by atoms with Crippen LogP contribution in [0.4, 0.5) is 0 Å². The minimum absolute atomic E-state index is 0.0675. The maximum atomic E-state index is 8.95. The molecule has 0 aliphatic carbocycles. The average Bonchev–Trinajstić information content (AvgIpc) is 2.94. The normalized spacial score (nSPS) is 13.9. The fourth-order valence-corrected chi connectivity index (χ4v) is 2.73. The summed E-state index contributed by atoms with van der Waals surface area (Å²) in [7, 11) is 0. The van der Waals surface area contributed by atoms with Gasteiger partial charge in [0.15, 0.2) is 5.69 Å². The SMILES string of the molecule is CCCCCCC(C)(CCCCC)n1ccc(C#N)n1. The van der Waals surface area contributed by atoms with Crippen LogP contribution in [0.5, 0.6) is 0 Å². The third-order valence-electron chi connectivity index (χ3n) is 4.14. The monoisotopic (exact) mass is 275 g/mol. The summed E-state index contributed by atoms with van der Waals surface area (Å²) in [5.41, 5.74) is 0.596. The standard InChI is InChI=1S/C17H29N3/c1-4-6-8-10-13-17(3,12-9-7-5-2)20-14-11-16(15-18)19-20/h11,14H,4-10,12-13H2,1-3H3. The van der Waals surface area contributed by atoms with Crippen LogP contribution in [0.25, 0.3) is 0 Å². The van der Waals surface area contributed by atoms with E-state index in [-0.39, 0.29) is 5.54 Å². The minimum atomic E-state index is 0.0675. The number of aromatic nitrogens is 2. The van der Waals surface area contributed by atoms with E-state index in [2.05, 4.69) is 31.9 Å². The average molecular weight is 275 g/mol. The summed E-state index contributed by atoms with van der Waals surface area (Å²) in [4.78, 5) is 0. The van der Waals surface area contributed by atoms with Crippen LogP contribution in [0.15, 0.2) is 12.3 Å². The maximum Gasteiger partial charge on any atom is 0.162 e.